The zero-order valence-corrected chi connectivity index (χ0v) is 22.9. The first-order valence-corrected chi connectivity index (χ1v) is 14.9. The van der Waals surface area contributed by atoms with Gasteiger partial charge in [0.15, 0.2) is 5.78 Å². The molecule has 11 heteroatoms. The van der Waals surface area contributed by atoms with Crippen molar-refractivity contribution in [3.63, 3.8) is 0 Å². The number of furan rings is 1. The number of rotatable bonds is 6. The largest absolute Gasteiger partial charge is 0.463 e. The van der Waals surface area contributed by atoms with Crippen LogP contribution in [0, 0.1) is 5.82 Å². The fraction of sp³-hybridized carbons (Fsp3) is 0.167. The number of Topliss-reactive ketones (excluding diaryl/α,β-unsaturated/α-hetero) is 1. The van der Waals surface area contributed by atoms with E-state index in [1.807, 2.05) is 30.3 Å². The summed E-state index contributed by atoms with van der Waals surface area (Å²) in [6.07, 6.45) is 7.25. The number of benzene rings is 2. The highest BCUT2D eigenvalue weighted by molar-refractivity contribution is 7.91. The molecule has 3 aromatic heterocycles. The molecule has 206 valence electrons. The molecule has 0 saturated heterocycles. The van der Waals surface area contributed by atoms with Crippen LogP contribution in [0.15, 0.2) is 71.4 Å². The Morgan fingerprint density at radius 2 is 2.00 bits per heavy atom. The summed E-state index contributed by atoms with van der Waals surface area (Å²) in [5, 5.41) is 0.776. The molecule has 1 N–H and O–H groups in total. The number of nitrogens with zero attached hydrogens (tertiary/aromatic N) is 2. The highest BCUT2D eigenvalue weighted by atomic mass is 35.5. The van der Waals surface area contributed by atoms with Crippen molar-refractivity contribution in [1.82, 2.24) is 14.3 Å². The molecule has 2 aliphatic carbocycles. The number of para-hydroxylation sites is 1. The first kappa shape index (κ1) is 25.7. The summed E-state index contributed by atoms with van der Waals surface area (Å²) in [6.45, 7) is -0.0671. The van der Waals surface area contributed by atoms with Crippen LogP contribution in [0.4, 0.5) is 4.39 Å². The molecular formula is C30H21ClFN3O5S. The first-order valence-electron chi connectivity index (χ1n) is 13.0. The van der Waals surface area contributed by atoms with E-state index in [0.29, 0.717) is 29.3 Å². The molecule has 0 aliphatic heterocycles. The minimum Gasteiger partial charge on any atom is -0.463 e. The monoisotopic (exact) mass is 589 g/mol. The lowest BCUT2D eigenvalue weighted by Crippen LogP contribution is -2.35. The summed E-state index contributed by atoms with van der Waals surface area (Å²) in [4.78, 5) is 31.6. The van der Waals surface area contributed by atoms with Gasteiger partial charge in [-0.25, -0.2) is 22.5 Å². The van der Waals surface area contributed by atoms with Crippen LogP contribution in [0.5, 0.6) is 0 Å². The van der Waals surface area contributed by atoms with Crippen LogP contribution in [0.1, 0.15) is 40.9 Å². The Kier molecular flexibility index (Phi) is 5.88. The molecule has 0 unspecified atom stereocenters. The third-order valence-electron chi connectivity index (χ3n) is 7.48. The molecule has 2 aliphatic rings. The van der Waals surface area contributed by atoms with Crippen molar-refractivity contribution in [2.24, 2.45) is 0 Å². The molecule has 41 heavy (non-hydrogen) atoms. The van der Waals surface area contributed by atoms with Crippen LogP contribution in [-0.2, 0) is 21.4 Å². The van der Waals surface area contributed by atoms with Crippen molar-refractivity contribution < 1.29 is 26.8 Å². The average molecular weight is 590 g/mol. The number of amides is 1. The van der Waals surface area contributed by atoms with Gasteiger partial charge in [-0.2, -0.15) is 0 Å². The lowest BCUT2D eigenvalue weighted by Gasteiger charge is -2.15. The number of fused-ring (bicyclic) bond motifs is 4. The van der Waals surface area contributed by atoms with E-state index in [1.54, 1.807) is 18.2 Å². The number of carbonyl (C=O) groups excluding carboxylic acids is 2. The lowest BCUT2D eigenvalue weighted by molar-refractivity contribution is -0.113. The lowest BCUT2D eigenvalue weighted by atomic mass is 9.93. The summed E-state index contributed by atoms with van der Waals surface area (Å²) >= 11 is 6.59. The number of hydrogen-bond donors (Lipinski definition) is 1. The van der Waals surface area contributed by atoms with Gasteiger partial charge in [0.25, 0.3) is 5.91 Å². The highest BCUT2D eigenvalue weighted by Gasteiger charge is 2.39. The number of pyridine rings is 1. The maximum Gasteiger partial charge on any atom is 0.282 e. The van der Waals surface area contributed by atoms with E-state index in [4.69, 9.17) is 16.0 Å². The van der Waals surface area contributed by atoms with Crippen LogP contribution in [0.2, 0.25) is 5.15 Å². The molecule has 2 aromatic carbocycles. The van der Waals surface area contributed by atoms with E-state index < -0.39 is 27.0 Å². The van der Waals surface area contributed by atoms with E-state index in [1.165, 1.54) is 23.0 Å². The van der Waals surface area contributed by atoms with Crippen molar-refractivity contribution in [2.75, 3.05) is 0 Å². The molecular weight excluding hydrogens is 569 g/mol. The second kappa shape index (κ2) is 9.39. The Hall–Kier alpha value is -4.28. The van der Waals surface area contributed by atoms with Crippen molar-refractivity contribution in [1.29, 1.82) is 0 Å². The predicted molar refractivity (Wildman–Crippen MR) is 154 cm³/mol. The average Bonchev–Trinajstić information content (AvgIpc) is 3.62. The van der Waals surface area contributed by atoms with Crippen LogP contribution in [-0.4, -0.2) is 34.9 Å². The third kappa shape index (κ3) is 4.25. The zero-order valence-electron chi connectivity index (χ0n) is 21.4. The Labute approximate surface area is 238 Å². The topological polar surface area (TPSA) is 111 Å². The van der Waals surface area contributed by atoms with Gasteiger partial charge < -0.3 is 8.98 Å². The van der Waals surface area contributed by atoms with Gasteiger partial charge in [0.05, 0.1) is 39.9 Å². The molecule has 0 radical (unpaired) electrons. The van der Waals surface area contributed by atoms with Gasteiger partial charge in [-0.05, 0) is 37.1 Å². The van der Waals surface area contributed by atoms with Gasteiger partial charge >= 0.3 is 0 Å². The minimum atomic E-state index is -3.97. The molecule has 3 heterocycles. The quantitative estimate of drug-likeness (QED) is 0.246. The molecule has 1 fully saturated rings. The molecule has 0 spiro atoms. The summed E-state index contributed by atoms with van der Waals surface area (Å²) < 4.78 is 50.6. The van der Waals surface area contributed by atoms with E-state index in [-0.39, 0.29) is 57.2 Å². The van der Waals surface area contributed by atoms with Gasteiger partial charge in [0.1, 0.15) is 22.2 Å². The Bertz CT molecular complexity index is 2120. The number of nitrogens with one attached hydrogen (secondary N) is 1. The van der Waals surface area contributed by atoms with E-state index in [0.717, 1.165) is 5.39 Å². The van der Waals surface area contributed by atoms with Crippen LogP contribution >= 0.6 is 11.6 Å². The maximum atomic E-state index is 15.4. The standard InChI is InChI=1S/C30H21ClFN3O5S/c31-29-17(13-16-5-1-3-7-22(16)33-29)15-35-23-14-21(32)19-11-12-40-28(19)26(23)25(20-6-2-4-8-24(20)36)27(35)30(37)34-41(38,39)18-9-10-18/h1-7,11-14,18H,8-10,15H2,(H,34,37). The second-order valence-corrected chi connectivity index (χ2v) is 12.5. The van der Waals surface area contributed by atoms with Crippen LogP contribution in [0.25, 0.3) is 38.3 Å². The van der Waals surface area contributed by atoms with Gasteiger partial charge in [-0.3, -0.25) is 9.59 Å². The zero-order chi connectivity index (χ0) is 28.5. The van der Waals surface area contributed by atoms with Gasteiger partial charge in [0.2, 0.25) is 10.0 Å². The third-order valence-corrected chi connectivity index (χ3v) is 9.63. The Morgan fingerprint density at radius 1 is 1.20 bits per heavy atom. The Balaban J connectivity index is 1.55. The number of allylic oxidation sites excluding steroid dienone is 4. The fourth-order valence-corrected chi connectivity index (χ4v) is 6.87. The summed E-state index contributed by atoms with van der Waals surface area (Å²) in [7, 11) is -3.97. The Morgan fingerprint density at radius 3 is 2.78 bits per heavy atom. The smallest absolute Gasteiger partial charge is 0.282 e. The number of ketones is 1. The predicted octanol–water partition coefficient (Wildman–Crippen LogP) is 5.91. The maximum absolute atomic E-state index is 15.4. The van der Waals surface area contributed by atoms with E-state index in [9.17, 15) is 18.0 Å². The SMILES string of the molecule is O=C1CC=CC=C1c1c(C(=O)NS(=O)(=O)C2CC2)n(Cc2cc3ccccc3nc2Cl)c2cc(F)c3ccoc3c12. The summed E-state index contributed by atoms with van der Waals surface area (Å²) in [6, 6.07) is 11.9. The second-order valence-electron chi connectivity index (χ2n) is 10.2. The molecule has 1 amide bonds. The molecule has 0 bridgehead atoms. The van der Waals surface area contributed by atoms with Gasteiger partial charge in [0, 0.05) is 28.5 Å². The number of halogens is 2. The van der Waals surface area contributed by atoms with Crippen molar-refractivity contribution in [3.05, 3.63) is 94.7 Å². The number of sulfonamides is 1. The molecule has 8 nitrogen and oxygen atoms in total. The molecule has 1 saturated carbocycles. The molecule has 5 aromatic rings. The van der Waals surface area contributed by atoms with E-state index >= 15 is 4.39 Å². The number of aromatic nitrogens is 2. The summed E-state index contributed by atoms with van der Waals surface area (Å²) in [5.41, 5.74) is 1.80. The molecule has 7 rings (SSSR count). The fourth-order valence-electron chi connectivity index (χ4n) is 5.39. The summed E-state index contributed by atoms with van der Waals surface area (Å²) in [5.74, 6) is -1.81. The van der Waals surface area contributed by atoms with Crippen LogP contribution < -0.4 is 4.72 Å². The van der Waals surface area contributed by atoms with Crippen molar-refractivity contribution in [3.8, 4) is 0 Å². The number of hydrogen-bond acceptors (Lipinski definition) is 6. The van der Waals surface area contributed by atoms with Crippen molar-refractivity contribution in [2.45, 2.75) is 31.1 Å². The number of carbonyl (C=O) groups is 2. The highest BCUT2D eigenvalue weighted by Crippen LogP contribution is 2.41. The van der Waals surface area contributed by atoms with Crippen LogP contribution in [0.3, 0.4) is 0 Å². The van der Waals surface area contributed by atoms with Gasteiger partial charge in [-0.1, -0.05) is 48.0 Å². The van der Waals surface area contributed by atoms with Crippen molar-refractivity contribution >= 4 is 71.7 Å². The van der Waals surface area contributed by atoms with Gasteiger partial charge in [-0.15, -0.1) is 0 Å². The normalized spacial score (nSPS) is 15.7. The molecule has 0 atom stereocenters. The first-order chi connectivity index (χ1) is 19.7. The van der Waals surface area contributed by atoms with E-state index in [2.05, 4.69) is 9.71 Å². The minimum absolute atomic E-state index is 0.0671.